The average molecular weight is 338 g/mol. The summed E-state index contributed by atoms with van der Waals surface area (Å²) in [5, 5.41) is 10.6. The predicted octanol–water partition coefficient (Wildman–Crippen LogP) is 2.27. The molecule has 7 heteroatoms. The highest BCUT2D eigenvalue weighted by atomic mass is 19.1. The fourth-order valence-electron chi connectivity index (χ4n) is 2.29. The minimum atomic E-state index is -0.239. The molecule has 1 aromatic carbocycles. The Labute approximate surface area is 145 Å². The number of hydrogen-bond donors (Lipinski definition) is 2. The maximum Gasteiger partial charge on any atom is 0.191 e. The van der Waals surface area contributed by atoms with Crippen LogP contribution in [-0.2, 0) is 13.1 Å². The Morgan fingerprint density at radius 2 is 1.84 bits per heavy atom. The fourth-order valence-corrected chi connectivity index (χ4v) is 2.29. The lowest BCUT2D eigenvalue weighted by atomic mass is 10.2. The Hall–Kier alpha value is -3.22. The lowest BCUT2D eigenvalue weighted by Crippen LogP contribution is -2.36. The molecule has 2 aromatic heterocycles. The number of halogens is 1. The van der Waals surface area contributed by atoms with Gasteiger partial charge in [-0.1, -0.05) is 12.1 Å². The molecular formula is C18H19FN6. The fraction of sp³-hybridized carbons (Fsp3) is 0.167. The van der Waals surface area contributed by atoms with E-state index in [-0.39, 0.29) is 5.82 Å². The molecule has 25 heavy (non-hydrogen) atoms. The summed E-state index contributed by atoms with van der Waals surface area (Å²) in [4.78, 5) is 8.50. The van der Waals surface area contributed by atoms with E-state index in [9.17, 15) is 4.39 Å². The molecule has 0 saturated heterocycles. The molecule has 6 nitrogen and oxygen atoms in total. The van der Waals surface area contributed by atoms with Crippen LogP contribution in [0.5, 0.6) is 0 Å². The van der Waals surface area contributed by atoms with Crippen molar-refractivity contribution in [1.29, 1.82) is 0 Å². The first kappa shape index (κ1) is 16.6. The van der Waals surface area contributed by atoms with Crippen molar-refractivity contribution in [2.45, 2.75) is 13.1 Å². The van der Waals surface area contributed by atoms with E-state index in [1.807, 2.05) is 24.4 Å². The number of nitrogens with one attached hydrogen (secondary N) is 2. The molecule has 0 aliphatic heterocycles. The van der Waals surface area contributed by atoms with E-state index in [1.54, 1.807) is 36.3 Å². The molecule has 0 atom stereocenters. The van der Waals surface area contributed by atoms with Crippen LogP contribution in [0.2, 0.25) is 0 Å². The molecule has 0 fully saturated rings. The molecular weight excluding hydrogens is 319 g/mol. The predicted molar refractivity (Wildman–Crippen MR) is 94.8 cm³/mol. The largest absolute Gasteiger partial charge is 0.352 e. The van der Waals surface area contributed by atoms with E-state index >= 15 is 0 Å². The molecule has 3 rings (SSSR count). The van der Waals surface area contributed by atoms with Crippen LogP contribution in [0.3, 0.4) is 0 Å². The first-order valence-corrected chi connectivity index (χ1v) is 7.88. The van der Waals surface area contributed by atoms with E-state index in [0.717, 1.165) is 16.9 Å². The van der Waals surface area contributed by atoms with Crippen molar-refractivity contribution >= 4 is 5.96 Å². The Balaban J connectivity index is 1.56. The number of rotatable bonds is 5. The van der Waals surface area contributed by atoms with Gasteiger partial charge >= 0.3 is 0 Å². The van der Waals surface area contributed by atoms with Crippen LogP contribution < -0.4 is 10.6 Å². The Morgan fingerprint density at radius 3 is 2.52 bits per heavy atom. The number of benzene rings is 1. The summed E-state index contributed by atoms with van der Waals surface area (Å²) >= 11 is 0. The van der Waals surface area contributed by atoms with E-state index in [1.165, 1.54) is 12.1 Å². The standard InChI is InChI=1S/C18H19FN6/c1-20-18(22-12-14-3-5-16(19)6-4-14)23-13-15-7-9-21-17(11-15)25-10-2-8-24-25/h2-11H,12-13H2,1H3,(H2,20,22,23). The molecule has 2 heterocycles. The highest BCUT2D eigenvalue weighted by Gasteiger charge is 2.02. The van der Waals surface area contributed by atoms with Crippen molar-refractivity contribution < 1.29 is 4.39 Å². The van der Waals surface area contributed by atoms with Crippen LogP contribution in [0.15, 0.2) is 66.0 Å². The number of hydrogen-bond acceptors (Lipinski definition) is 3. The highest BCUT2D eigenvalue weighted by Crippen LogP contribution is 2.06. The molecule has 0 bridgehead atoms. The second-order valence-electron chi connectivity index (χ2n) is 5.38. The quantitative estimate of drug-likeness (QED) is 0.553. The topological polar surface area (TPSA) is 67.1 Å². The number of aliphatic imine (C=N–C) groups is 1. The maximum atomic E-state index is 12.9. The Bertz CT molecular complexity index is 827. The molecule has 0 amide bonds. The normalized spacial score (nSPS) is 11.4. The van der Waals surface area contributed by atoms with Crippen molar-refractivity contribution in [2.24, 2.45) is 4.99 Å². The Morgan fingerprint density at radius 1 is 1.08 bits per heavy atom. The second-order valence-corrected chi connectivity index (χ2v) is 5.38. The van der Waals surface area contributed by atoms with E-state index < -0.39 is 0 Å². The van der Waals surface area contributed by atoms with Crippen molar-refractivity contribution in [2.75, 3.05) is 7.05 Å². The third kappa shape index (κ3) is 4.63. The van der Waals surface area contributed by atoms with Gasteiger partial charge in [0.2, 0.25) is 0 Å². The number of aromatic nitrogens is 3. The molecule has 2 N–H and O–H groups in total. The van der Waals surface area contributed by atoms with Crippen molar-refractivity contribution in [3.8, 4) is 5.82 Å². The average Bonchev–Trinajstić information content (AvgIpc) is 3.18. The first-order chi connectivity index (χ1) is 12.2. The second kappa shape index (κ2) is 8.05. The maximum absolute atomic E-state index is 12.9. The summed E-state index contributed by atoms with van der Waals surface area (Å²) in [5.41, 5.74) is 2.04. The SMILES string of the molecule is CN=C(NCc1ccc(F)cc1)NCc1ccnc(-n2cccn2)c1. The highest BCUT2D eigenvalue weighted by molar-refractivity contribution is 5.79. The van der Waals surface area contributed by atoms with Gasteiger partial charge < -0.3 is 10.6 Å². The summed E-state index contributed by atoms with van der Waals surface area (Å²) in [6, 6.07) is 12.1. The molecule has 0 unspecified atom stereocenters. The van der Waals surface area contributed by atoms with Gasteiger partial charge in [0.25, 0.3) is 0 Å². The Kier molecular flexibility index (Phi) is 5.36. The van der Waals surface area contributed by atoms with Gasteiger partial charge in [-0.2, -0.15) is 5.10 Å². The molecule has 0 aliphatic carbocycles. The minimum Gasteiger partial charge on any atom is -0.352 e. The van der Waals surface area contributed by atoms with E-state index in [4.69, 9.17) is 0 Å². The summed E-state index contributed by atoms with van der Waals surface area (Å²) in [6.07, 6.45) is 5.32. The molecule has 0 radical (unpaired) electrons. The summed E-state index contributed by atoms with van der Waals surface area (Å²) in [7, 11) is 1.71. The molecule has 0 spiro atoms. The zero-order valence-corrected chi connectivity index (χ0v) is 13.9. The van der Waals surface area contributed by atoms with Gasteiger partial charge in [-0.15, -0.1) is 0 Å². The third-order valence-corrected chi connectivity index (χ3v) is 3.61. The van der Waals surface area contributed by atoms with Crippen LogP contribution in [0, 0.1) is 5.82 Å². The first-order valence-electron chi connectivity index (χ1n) is 7.88. The van der Waals surface area contributed by atoms with Crippen molar-refractivity contribution in [1.82, 2.24) is 25.4 Å². The minimum absolute atomic E-state index is 0.239. The van der Waals surface area contributed by atoms with Crippen LogP contribution in [0.25, 0.3) is 5.82 Å². The van der Waals surface area contributed by atoms with Crippen LogP contribution >= 0.6 is 0 Å². The molecule has 0 aliphatic rings. The molecule has 3 aromatic rings. The number of pyridine rings is 1. The van der Waals surface area contributed by atoms with E-state index in [2.05, 4.69) is 25.7 Å². The van der Waals surface area contributed by atoms with Gasteiger partial charge in [0.1, 0.15) is 5.82 Å². The molecule has 0 saturated carbocycles. The van der Waals surface area contributed by atoms with Gasteiger partial charge in [0.05, 0.1) is 0 Å². The van der Waals surface area contributed by atoms with Crippen LogP contribution in [0.4, 0.5) is 4.39 Å². The van der Waals surface area contributed by atoms with Crippen LogP contribution in [-0.4, -0.2) is 27.8 Å². The summed E-state index contributed by atoms with van der Waals surface area (Å²) in [6.45, 7) is 1.16. The number of guanidine groups is 1. The third-order valence-electron chi connectivity index (χ3n) is 3.61. The van der Waals surface area contributed by atoms with Gasteiger partial charge in [0, 0.05) is 38.7 Å². The summed E-state index contributed by atoms with van der Waals surface area (Å²) < 4.78 is 14.6. The smallest absolute Gasteiger partial charge is 0.191 e. The van der Waals surface area contributed by atoms with Gasteiger partial charge in [-0.3, -0.25) is 4.99 Å². The van der Waals surface area contributed by atoms with Crippen molar-refractivity contribution in [3.05, 3.63) is 78.0 Å². The monoisotopic (exact) mass is 338 g/mol. The van der Waals surface area contributed by atoms with Crippen LogP contribution in [0.1, 0.15) is 11.1 Å². The lowest BCUT2D eigenvalue weighted by molar-refractivity contribution is 0.626. The zero-order chi connectivity index (χ0) is 17.5. The lowest BCUT2D eigenvalue weighted by Gasteiger charge is -2.12. The summed E-state index contributed by atoms with van der Waals surface area (Å²) in [5.74, 6) is 1.19. The van der Waals surface area contributed by atoms with Gasteiger partial charge in [-0.25, -0.2) is 14.1 Å². The number of nitrogens with zero attached hydrogens (tertiary/aromatic N) is 4. The van der Waals surface area contributed by atoms with Crippen molar-refractivity contribution in [3.63, 3.8) is 0 Å². The zero-order valence-electron chi connectivity index (χ0n) is 13.9. The van der Waals surface area contributed by atoms with E-state index in [0.29, 0.717) is 19.0 Å². The molecule has 128 valence electrons. The van der Waals surface area contributed by atoms with Gasteiger partial charge in [0.15, 0.2) is 11.8 Å². The van der Waals surface area contributed by atoms with Gasteiger partial charge in [-0.05, 0) is 41.5 Å².